The Kier molecular flexibility index (Phi) is 6.76. The second-order valence-corrected chi connectivity index (χ2v) is 7.13. The fourth-order valence-corrected chi connectivity index (χ4v) is 3.28. The van der Waals surface area contributed by atoms with Crippen LogP contribution in [0, 0.1) is 0 Å². The molecule has 0 aliphatic carbocycles. The Hall–Kier alpha value is -2.73. The smallest absolute Gasteiger partial charge is 0.322 e. The second-order valence-electron chi connectivity index (χ2n) is 6.69. The van der Waals surface area contributed by atoms with Crippen LogP contribution in [0.4, 0.5) is 10.5 Å². The number of benzene rings is 2. The van der Waals surface area contributed by atoms with Crippen LogP contribution in [0.1, 0.15) is 26.2 Å². The summed E-state index contributed by atoms with van der Waals surface area (Å²) < 4.78 is 5.89. The Morgan fingerprint density at radius 2 is 2.00 bits per heavy atom. The van der Waals surface area contributed by atoms with Crippen molar-refractivity contribution >= 4 is 29.2 Å². The van der Waals surface area contributed by atoms with Crippen LogP contribution in [0.2, 0.25) is 5.02 Å². The van der Waals surface area contributed by atoms with Gasteiger partial charge in [0.15, 0.2) is 5.75 Å². The maximum Gasteiger partial charge on any atom is 0.322 e. The molecule has 1 unspecified atom stereocenters. The van der Waals surface area contributed by atoms with E-state index in [2.05, 4.69) is 10.6 Å². The van der Waals surface area contributed by atoms with Crippen molar-refractivity contribution in [2.75, 3.05) is 18.4 Å². The monoisotopic (exact) mass is 401 g/mol. The van der Waals surface area contributed by atoms with E-state index in [1.807, 2.05) is 37.3 Å². The molecular formula is C21H24ClN3O3. The standard InChI is InChI=1S/C21H24ClN3O3/c1-2-20(26)23-16-7-6-12-25(14-16)21(27)24-18-13-15(22)10-11-19(18)28-17-8-4-3-5-9-17/h3-5,8-11,13,16H,2,6-7,12,14H2,1H3,(H,23,26)(H,24,27). The molecule has 0 spiro atoms. The molecule has 0 radical (unpaired) electrons. The zero-order chi connectivity index (χ0) is 19.9. The van der Waals surface area contributed by atoms with Gasteiger partial charge in [0, 0.05) is 30.6 Å². The van der Waals surface area contributed by atoms with Gasteiger partial charge in [-0.3, -0.25) is 4.79 Å². The van der Waals surface area contributed by atoms with Gasteiger partial charge in [-0.05, 0) is 43.2 Å². The van der Waals surface area contributed by atoms with E-state index in [0.717, 1.165) is 12.8 Å². The molecule has 2 N–H and O–H groups in total. The van der Waals surface area contributed by atoms with Gasteiger partial charge < -0.3 is 20.3 Å². The van der Waals surface area contributed by atoms with Crippen molar-refractivity contribution in [3.05, 3.63) is 53.6 Å². The number of ether oxygens (including phenoxy) is 1. The molecule has 3 amide bonds. The zero-order valence-electron chi connectivity index (χ0n) is 15.8. The van der Waals surface area contributed by atoms with Gasteiger partial charge in [-0.2, -0.15) is 0 Å². The van der Waals surface area contributed by atoms with Crippen LogP contribution in [0.5, 0.6) is 11.5 Å². The van der Waals surface area contributed by atoms with Crippen molar-refractivity contribution in [2.24, 2.45) is 0 Å². The Morgan fingerprint density at radius 1 is 1.21 bits per heavy atom. The molecule has 1 fully saturated rings. The maximum absolute atomic E-state index is 12.8. The van der Waals surface area contributed by atoms with Crippen molar-refractivity contribution in [3.63, 3.8) is 0 Å². The summed E-state index contributed by atoms with van der Waals surface area (Å²) in [6.45, 7) is 2.93. The first-order valence-corrected chi connectivity index (χ1v) is 9.80. The summed E-state index contributed by atoms with van der Waals surface area (Å²) in [5, 5.41) is 6.36. The minimum absolute atomic E-state index is 0.000599. The fraction of sp³-hybridized carbons (Fsp3) is 0.333. The molecule has 2 aromatic carbocycles. The number of urea groups is 1. The minimum Gasteiger partial charge on any atom is -0.455 e. The number of nitrogens with one attached hydrogen (secondary N) is 2. The second kappa shape index (κ2) is 9.46. The van der Waals surface area contributed by atoms with Crippen molar-refractivity contribution < 1.29 is 14.3 Å². The number of likely N-dealkylation sites (tertiary alicyclic amines) is 1. The Morgan fingerprint density at radius 3 is 2.75 bits per heavy atom. The summed E-state index contributed by atoms with van der Waals surface area (Å²) in [5.74, 6) is 1.18. The molecule has 148 valence electrons. The Bertz CT molecular complexity index is 829. The minimum atomic E-state index is -0.240. The highest BCUT2D eigenvalue weighted by Crippen LogP contribution is 2.32. The Labute approximate surface area is 169 Å². The molecule has 1 aliphatic heterocycles. The molecule has 1 aliphatic rings. The molecule has 1 atom stereocenters. The number of para-hydroxylation sites is 1. The molecule has 1 saturated heterocycles. The van der Waals surface area contributed by atoms with Crippen LogP contribution in [0.3, 0.4) is 0 Å². The summed E-state index contributed by atoms with van der Waals surface area (Å²) in [6.07, 6.45) is 2.14. The van der Waals surface area contributed by atoms with Gasteiger partial charge in [0.25, 0.3) is 0 Å². The van der Waals surface area contributed by atoms with E-state index in [1.165, 1.54) is 0 Å². The summed E-state index contributed by atoms with van der Waals surface area (Å²) in [4.78, 5) is 26.1. The fourth-order valence-electron chi connectivity index (χ4n) is 3.11. The van der Waals surface area contributed by atoms with Crippen molar-refractivity contribution in [2.45, 2.75) is 32.2 Å². The number of amides is 3. The highest BCUT2D eigenvalue weighted by molar-refractivity contribution is 6.31. The predicted molar refractivity (Wildman–Crippen MR) is 110 cm³/mol. The van der Waals surface area contributed by atoms with Crippen LogP contribution in [0.15, 0.2) is 48.5 Å². The highest BCUT2D eigenvalue weighted by Gasteiger charge is 2.25. The SMILES string of the molecule is CCC(=O)NC1CCCN(C(=O)Nc2cc(Cl)ccc2Oc2ccccc2)C1. The molecule has 0 aromatic heterocycles. The third-order valence-electron chi connectivity index (χ3n) is 4.55. The van der Waals surface area contributed by atoms with E-state index < -0.39 is 0 Å². The molecule has 2 aromatic rings. The molecule has 0 bridgehead atoms. The molecule has 0 saturated carbocycles. The molecular weight excluding hydrogens is 378 g/mol. The quantitative estimate of drug-likeness (QED) is 0.765. The van der Waals surface area contributed by atoms with E-state index in [1.54, 1.807) is 23.1 Å². The first kappa shape index (κ1) is 20.0. The number of halogens is 1. The third kappa shape index (κ3) is 5.39. The van der Waals surface area contributed by atoms with Crippen LogP contribution < -0.4 is 15.4 Å². The number of piperidine rings is 1. The first-order chi connectivity index (χ1) is 13.5. The van der Waals surface area contributed by atoms with Gasteiger partial charge in [0.1, 0.15) is 5.75 Å². The highest BCUT2D eigenvalue weighted by atomic mass is 35.5. The summed E-state index contributed by atoms with van der Waals surface area (Å²) in [6, 6.07) is 14.2. The summed E-state index contributed by atoms with van der Waals surface area (Å²) in [5.41, 5.74) is 0.501. The van der Waals surface area contributed by atoms with Gasteiger partial charge in [-0.15, -0.1) is 0 Å². The molecule has 6 nitrogen and oxygen atoms in total. The lowest BCUT2D eigenvalue weighted by Crippen LogP contribution is -2.50. The summed E-state index contributed by atoms with van der Waals surface area (Å²) >= 11 is 6.12. The first-order valence-electron chi connectivity index (χ1n) is 9.43. The normalized spacial score (nSPS) is 16.4. The average molecular weight is 402 g/mol. The summed E-state index contributed by atoms with van der Waals surface area (Å²) in [7, 11) is 0. The van der Waals surface area contributed by atoms with Gasteiger partial charge in [-0.25, -0.2) is 4.79 Å². The van der Waals surface area contributed by atoms with Gasteiger partial charge >= 0.3 is 6.03 Å². The maximum atomic E-state index is 12.8. The van der Waals surface area contributed by atoms with E-state index in [-0.39, 0.29) is 18.0 Å². The third-order valence-corrected chi connectivity index (χ3v) is 4.78. The number of hydrogen-bond acceptors (Lipinski definition) is 3. The van der Waals surface area contributed by atoms with Crippen LogP contribution in [-0.2, 0) is 4.79 Å². The molecule has 3 rings (SSSR count). The lowest BCUT2D eigenvalue weighted by molar-refractivity contribution is -0.121. The average Bonchev–Trinajstić information content (AvgIpc) is 2.71. The van der Waals surface area contributed by atoms with Crippen molar-refractivity contribution in [1.82, 2.24) is 10.2 Å². The van der Waals surface area contributed by atoms with Crippen LogP contribution in [0.25, 0.3) is 0 Å². The van der Waals surface area contributed by atoms with Gasteiger partial charge in [0.05, 0.1) is 5.69 Å². The lowest BCUT2D eigenvalue weighted by atomic mass is 10.1. The van der Waals surface area contributed by atoms with Crippen LogP contribution in [-0.4, -0.2) is 36.0 Å². The Balaban J connectivity index is 1.69. The zero-order valence-corrected chi connectivity index (χ0v) is 16.5. The number of hydrogen-bond donors (Lipinski definition) is 2. The predicted octanol–water partition coefficient (Wildman–Crippen LogP) is 4.65. The van der Waals surface area contributed by atoms with Gasteiger partial charge in [-0.1, -0.05) is 36.7 Å². The molecule has 7 heteroatoms. The van der Waals surface area contributed by atoms with Gasteiger partial charge in [0.2, 0.25) is 5.91 Å². The van der Waals surface area contributed by atoms with E-state index in [0.29, 0.717) is 41.7 Å². The van der Waals surface area contributed by atoms with Crippen molar-refractivity contribution in [1.29, 1.82) is 0 Å². The largest absolute Gasteiger partial charge is 0.455 e. The van der Waals surface area contributed by atoms with E-state index in [4.69, 9.17) is 16.3 Å². The number of anilines is 1. The van der Waals surface area contributed by atoms with E-state index in [9.17, 15) is 9.59 Å². The number of carbonyl (C=O) groups excluding carboxylic acids is 2. The topological polar surface area (TPSA) is 70.7 Å². The lowest BCUT2D eigenvalue weighted by Gasteiger charge is -2.33. The molecule has 28 heavy (non-hydrogen) atoms. The van der Waals surface area contributed by atoms with E-state index >= 15 is 0 Å². The van der Waals surface area contributed by atoms with Crippen LogP contribution >= 0.6 is 11.6 Å². The number of nitrogens with zero attached hydrogens (tertiary/aromatic N) is 1. The number of carbonyl (C=O) groups is 2. The van der Waals surface area contributed by atoms with Crippen molar-refractivity contribution in [3.8, 4) is 11.5 Å². The molecule has 1 heterocycles. The number of rotatable bonds is 5.